The molecule has 1 aliphatic heterocycles. The number of urea groups is 1. The summed E-state index contributed by atoms with van der Waals surface area (Å²) in [5, 5.41) is 5.39. The molecule has 27 heavy (non-hydrogen) atoms. The molecule has 2 atom stereocenters. The van der Waals surface area contributed by atoms with Crippen molar-refractivity contribution in [3.05, 3.63) is 23.8 Å². The van der Waals surface area contributed by atoms with Crippen LogP contribution in [0.5, 0.6) is 11.5 Å². The summed E-state index contributed by atoms with van der Waals surface area (Å²) in [6.45, 7) is 1.18. The first-order chi connectivity index (χ1) is 13.1. The van der Waals surface area contributed by atoms with E-state index in [1.54, 1.807) is 14.2 Å². The van der Waals surface area contributed by atoms with Crippen LogP contribution in [0.15, 0.2) is 18.2 Å². The van der Waals surface area contributed by atoms with Crippen molar-refractivity contribution in [1.82, 2.24) is 10.6 Å². The second kappa shape index (κ2) is 9.08. The number of carbonyl (C=O) groups is 2. The predicted octanol–water partition coefficient (Wildman–Crippen LogP) is 1.19. The summed E-state index contributed by atoms with van der Waals surface area (Å²) in [5.74, 6) is 1.29. The molecule has 148 valence electrons. The number of nitrogens with one attached hydrogen (secondary N) is 3. The molecule has 0 bridgehead atoms. The Kier molecular flexibility index (Phi) is 6.55. The Bertz CT molecular complexity index is 673. The van der Waals surface area contributed by atoms with Crippen LogP contribution >= 0.6 is 0 Å². The number of imide groups is 1. The monoisotopic (exact) mass is 376 g/mol. The molecule has 0 aromatic heterocycles. The number of hydrogen-bond acceptors (Lipinski definition) is 4. The molecule has 1 aromatic carbocycles. The minimum Gasteiger partial charge on any atom is -0.497 e. The standard InChI is InChI=1S/C20H29N3O4/c1-26-15-9-10-16(18(12-15)27-2)17-8-5-11-23(17)13-19(24)22-20(25)21-14-6-3-4-7-14/h9-10,12,14,17H,3-8,11,13H2,1-2H3,(H2,21,22,24,25)/p+1/t17-/m0/s1. The van der Waals surface area contributed by atoms with Gasteiger partial charge in [-0.05, 0) is 25.0 Å². The van der Waals surface area contributed by atoms with Crippen molar-refractivity contribution in [2.75, 3.05) is 27.3 Å². The van der Waals surface area contributed by atoms with Crippen LogP contribution in [0, 0.1) is 0 Å². The molecular formula is C20H30N3O4+. The van der Waals surface area contributed by atoms with Gasteiger partial charge in [-0.2, -0.15) is 0 Å². The van der Waals surface area contributed by atoms with E-state index in [4.69, 9.17) is 9.47 Å². The number of methoxy groups -OCH3 is 2. The molecule has 3 N–H and O–H groups in total. The Hall–Kier alpha value is -2.28. The zero-order valence-electron chi connectivity index (χ0n) is 16.2. The lowest BCUT2D eigenvalue weighted by Gasteiger charge is -2.23. The first-order valence-electron chi connectivity index (χ1n) is 9.77. The second-order valence-electron chi connectivity index (χ2n) is 7.39. The van der Waals surface area contributed by atoms with Gasteiger partial charge in [0.15, 0.2) is 6.54 Å². The molecule has 1 saturated heterocycles. The fourth-order valence-corrected chi connectivity index (χ4v) is 4.27. The summed E-state index contributed by atoms with van der Waals surface area (Å²) >= 11 is 0. The molecule has 3 rings (SSSR count). The Balaban J connectivity index is 1.59. The zero-order chi connectivity index (χ0) is 19.2. The van der Waals surface area contributed by atoms with Crippen molar-refractivity contribution in [2.24, 2.45) is 0 Å². The SMILES string of the molecule is COc1ccc([C@@H]2CCC[NH+]2CC(=O)NC(=O)NC2CCCC2)c(OC)c1. The highest BCUT2D eigenvalue weighted by molar-refractivity contribution is 5.94. The summed E-state index contributed by atoms with van der Waals surface area (Å²) in [6, 6.07) is 5.81. The average Bonchev–Trinajstić information content (AvgIpc) is 3.32. The maximum atomic E-state index is 12.4. The van der Waals surface area contributed by atoms with E-state index < -0.39 is 0 Å². The van der Waals surface area contributed by atoms with E-state index in [1.165, 1.54) is 0 Å². The lowest BCUT2D eigenvalue weighted by Crippen LogP contribution is -3.11. The molecule has 1 heterocycles. The number of carbonyl (C=O) groups excluding carboxylic acids is 2. The highest BCUT2D eigenvalue weighted by Gasteiger charge is 2.34. The first kappa shape index (κ1) is 19.5. The van der Waals surface area contributed by atoms with Crippen LogP contribution < -0.4 is 25.0 Å². The number of hydrogen-bond donors (Lipinski definition) is 3. The van der Waals surface area contributed by atoms with Gasteiger partial charge in [-0.25, -0.2) is 4.79 Å². The third-order valence-electron chi connectivity index (χ3n) is 5.63. The molecule has 1 aromatic rings. The van der Waals surface area contributed by atoms with Gasteiger partial charge in [0.2, 0.25) is 0 Å². The number of quaternary nitrogens is 1. The van der Waals surface area contributed by atoms with Crippen molar-refractivity contribution in [3.63, 3.8) is 0 Å². The van der Waals surface area contributed by atoms with Crippen LogP contribution in [0.4, 0.5) is 4.79 Å². The Morgan fingerprint density at radius 2 is 1.89 bits per heavy atom. The van der Waals surface area contributed by atoms with Crippen molar-refractivity contribution in [1.29, 1.82) is 0 Å². The molecule has 7 nitrogen and oxygen atoms in total. The Morgan fingerprint density at radius 1 is 1.11 bits per heavy atom. The number of amides is 3. The van der Waals surface area contributed by atoms with Crippen LogP contribution in [-0.4, -0.2) is 45.3 Å². The lowest BCUT2D eigenvalue weighted by atomic mass is 10.0. The zero-order valence-corrected chi connectivity index (χ0v) is 16.2. The van der Waals surface area contributed by atoms with Gasteiger partial charge in [-0.3, -0.25) is 10.1 Å². The van der Waals surface area contributed by atoms with Gasteiger partial charge in [0.1, 0.15) is 17.5 Å². The van der Waals surface area contributed by atoms with Crippen molar-refractivity contribution >= 4 is 11.9 Å². The Morgan fingerprint density at radius 3 is 2.59 bits per heavy atom. The van der Waals surface area contributed by atoms with E-state index >= 15 is 0 Å². The topological polar surface area (TPSA) is 81.1 Å². The quantitative estimate of drug-likeness (QED) is 0.697. The summed E-state index contributed by atoms with van der Waals surface area (Å²) in [4.78, 5) is 25.5. The number of ether oxygens (including phenoxy) is 2. The molecule has 1 aliphatic carbocycles. The third kappa shape index (κ3) is 4.91. The molecule has 0 radical (unpaired) electrons. The van der Waals surface area contributed by atoms with Crippen molar-refractivity contribution in [3.8, 4) is 11.5 Å². The third-order valence-corrected chi connectivity index (χ3v) is 5.63. The molecule has 1 unspecified atom stereocenters. The minimum atomic E-state index is -0.371. The fraction of sp³-hybridized carbons (Fsp3) is 0.600. The number of benzene rings is 1. The van der Waals surface area contributed by atoms with Gasteiger partial charge in [0.05, 0.1) is 26.3 Å². The summed E-state index contributed by atoms with van der Waals surface area (Å²) < 4.78 is 10.8. The van der Waals surface area contributed by atoms with Gasteiger partial charge in [0.25, 0.3) is 5.91 Å². The van der Waals surface area contributed by atoms with Crippen LogP contribution in [0.25, 0.3) is 0 Å². The first-order valence-corrected chi connectivity index (χ1v) is 9.77. The highest BCUT2D eigenvalue weighted by atomic mass is 16.5. The number of rotatable bonds is 6. The van der Waals surface area contributed by atoms with Gasteiger partial charge < -0.3 is 19.7 Å². The molecule has 2 fully saturated rings. The van der Waals surface area contributed by atoms with E-state index in [0.717, 1.165) is 67.0 Å². The maximum absolute atomic E-state index is 12.4. The van der Waals surface area contributed by atoms with E-state index in [9.17, 15) is 9.59 Å². The van der Waals surface area contributed by atoms with Gasteiger partial charge in [-0.15, -0.1) is 0 Å². The van der Waals surface area contributed by atoms with Crippen LogP contribution in [0.2, 0.25) is 0 Å². The van der Waals surface area contributed by atoms with Crippen molar-refractivity contribution < 1.29 is 24.0 Å². The molecule has 2 aliphatic rings. The molecular weight excluding hydrogens is 346 g/mol. The minimum absolute atomic E-state index is 0.175. The van der Waals surface area contributed by atoms with E-state index in [-0.39, 0.29) is 30.6 Å². The summed E-state index contributed by atoms with van der Waals surface area (Å²) in [5.41, 5.74) is 1.08. The van der Waals surface area contributed by atoms with Crippen molar-refractivity contribution in [2.45, 2.75) is 50.6 Å². The van der Waals surface area contributed by atoms with Crippen LogP contribution in [-0.2, 0) is 4.79 Å². The normalized spacial score (nSPS) is 22.4. The smallest absolute Gasteiger partial charge is 0.321 e. The summed E-state index contributed by atoms with van der Waals surface area (Å²) in [7, 11) is 3.27. The summed E-state index contributed by atoms with van der Waals surface area (Å²) in [6.07, 6.45) is 6.30. The van der Waals surface area contributed by atoms with Gasteiger partial charge >= 0.3 is 6.03 Å². The second-order valence-corrected chi connectivity index (χ2v) is 7.39. The lowest BCUT2D eigenvalue weighted by molar-refractivity contribution is -0.910. The van der Waals surface area contributed by atoms with Gasteiger partial charge in [-0.1, -0.05) is 12.8 Å². The fourth-order valence-electron chi connectivity index (χ4n) is 4.27. The molecule has 7 heteroatoms. The molecule has 0 spiro atoms. The number of likely N-dealkylation sites (tertiary alicyclic amines) is 1. The molecule has 3 amide bonds. The van der Waals surface area contributed by atoms with Crippen LogP contribution in [0.3, 0.4) is 0 Å². The average molecular weight is 376 g/mol. The van der Waals surface area contributed by atoms with E-state index in [2.05, 4.69) is 10.6 Å². The van der Waals surface area contributed by atoms with E-state index in [1.807, 2.05) is 18.2 Å². The maximum Gasteiger partial charge on any atom is 0.321 e. The predicted molar refractivity (Wildman–Crippen MR) is 101 cm³/mol. The highest BCUT2D eigenvalue weighted by Crippen LogP contribution is 2.31. The molecule has 1 saturated carbocycles. The van der Waals surface area contributed by atoms with Gasteiger partial charge in [0, 0.05) is 24.9 Å². The van der Waals surface area contributed by atoms with E-state index in [0.29, 0.717) is 0 Å². The largest absolute Gasteiger partial charge is 0.497 e. The van der Waals surface area contributed by atoms with Crippen LogP contribution in [0.1, 0.15) is 50.1 Å². The Labute approximate surface area is 160 Å².